The van der Waals surface area contributed by atoms with Gasteiger partial charge < -0.3 is 10.8 Å². The number of carboxylic acids is 1. The summed E-state index contributed by atoms with van der Waals surface area (Å²) in [5.74, 6) is -4.36. The van der Waals surface area contributed by atoms with Gasteiger partial charge in [0.2, 0.25) is 11.8 Å². The average Bonchev–Trinajstić information content (AvgIpc) is 1.64. The molecule has 0 aromatic heterocycles. The lowest BCUT2D eigenvalue weighted by atomic mass is 10.2. The van der Waals surface area contributed by atoms with Gasteiger partial charge in [-0.1, -0.05) is 0 Å². The van der Waals surface area contributed by atoms with Crippen molar-refractivity contribution in [3.8, 4) is 6.07 Å². The summed E-state index contributed by atoms with van der Waals surface area (Å²) in [6.07, 6.45) is 0. The molecule has 0 saturated heterocycles. The van der Waals surface area contributed by atoms with Crippen LogP contribution < -0.4 is 5.73 Å². The van der Waals surface area contributed by atoms with Crippen LogP contribution in [0.4, 0.5) is 0 Å². The Morgan fingerprint density at radius 3 is 2.11 bits per heavy atom. The highest BCUT2D eigenvalue weighted by molar-refractivity contribution is 5.98. The number of hydrogen-bond donors (Lipinski definition) is 2. The Labute approximate surface area is 50.7 Å². The zero-order valence-electron chi connectivity index (χ0n) is 4.37. The summed E-state index contributed by atoms with van der Waals surface area (Å²) in [6.45, 7) is 0. The summed E-state index contributed by atoms with van der Waals surface area (Å²) in [4.78, 5) is 19.8. The maximum Gasteiger partial charge on any atom is 0.330 e. The Hall–Kier alpha value is -1.57. The normalized spacial score (nSPS) is 11.4. The van der Waals surface area contributed by atoms with Crippen LogP contribution in [0.1, 0.15) is 0 Å². The second-order valence-corrected chi connectivity index (χ2v) is 1.30. The van der Waals surface area contributed by atoms with Crippen LogP contribution in [0.2, 0.25) is 0 Å². The fourth-order valence-electron chi connectivity index (χ4n) is 0.241. The highest BCUT2D eigenvalue weighted by Crippen LogP contribution is 1.90. The van der Waals surface area contributed by atoms with Crippen LogP contribution in [0.3, 0.4) is 0 Å². The highest BCUT2D eigenvalue weighted by atomic mass is 16.4. The predicted octanol–water partition coefficient (Wildman–Crippen LogP) is -1.30. The molecule has 0 heterocycles. The van der Waals surface area contributed by atoms with Gasteiger partial charge in [0.05, 0.1) is 6.07 Å². The number of carbonyl (C=O) groups excluding carboxylic acids is 1. The molecule has 0 aliphatic rings. The number of carboxylic acid groups (broad SMARTS) is 1. The molecule has 0 radical (unpaired) electrons. The Bertz CT molecular complexity index is 167. The van der Waals surface area contributed by atoms with E-state index in [0.29, 0.717) is 0 Å². The third kappa shape index (κ3) is 1.78. The predicted molar refractivity (Wildman–Crippen MR) is 25.9 cm³/mol. The summed E-state index contributed by atoms with van der Waals surface area (Å²) >= 11 is 0. The van der Waals surface area contributed by atoms with E-state index in [-0.39, 0.29) is 0 Å². The van der Waals surface area contributed by atoms with Crippen molar-refractivity contribution >= 4 is 11.9 Å². The lowest BCUT2D eigenvalue weighted by Crippen LogP contribution is -2.28. The van der Waals surface area contributed by atoms with Crippen molar-refractivity contribution in [2.45, 2.75) is 0 Å². The van der Waals surface area contributed by atoms with Gasteiger partial charge in [0.25, 0.3) is 0 Å². The van der Waals surface area contributed by atoms with Crippen LogP contribution in [0, 0.1) is 17.2 Å². The molecule has 9 heavy (non-hydrogen) atoms. The Kier molecular flexibility index (Phi) is 2.20. The standard InChI is InChI=1S/C4H4N2O3/c5-1-2(3(6)7)4(8)9/h2H,(H2,6,7)(H,8,9). The van der Waals surface area contributed by atoms with Crippen LogP contribution in [-0.2, 0) is 9.59 Å². The molecule has 0 saturated carbocycles. The number of rotatable bonds is 2. The van der Waals surface area contributed by atoms with Crippen molar-refractivity contribution in [1.29, 1.82) is 5.26 Å². The molecule has 1 atom stereocenters. The average molecular weight is 128 g/mol. The molecule has 5 nitrogen and oxygen atoms in total. The van der Waals surface area contributed by atoms with Crippen molar-refractivity contribution in [3.05, 3.63) is 0 Å². The van der Waals surface area contributed by atoms with E-state index in [9.17, 15) is 9.59 Å². The van der Waals surface area contributed by atoms with Crippen LogP contribution in [0.5, 0.6) is 0 Å². The van der Waals surface area contributed by atoms with Crippen molar-refractivity contribution < 1.29 is 14.7 Å². The van der Waals surface area contributed by atoms with Crippen molar-refractivity contribution in [3.63, 3.8) is 0 Å². The van der Waals surface area contributed by atoms with Crippen molar-refractivity contribution in [2.75, 3.05) is 0 Å². The SMILES string of the molecule is N#CC(C(N)=O)C(=O)O. The number of nitriles is 1. The molecule has 1 amide bonds. The lowest BCUT2D eigenvalue weighted by molar-refractivity contribution is -0.143. The summed E-state index contributed by atoms with van der Waals surface area (Å²) in [6, 6.07) is 1.23. The van der Waals surface area contributed by atoms with Gasteiger partial charge in [-0.25, -0.2) is 0 Å². The first-order chi connectivity index (χ1) is 4.09. The maximum atomic E-state index is 9.99. The van der Waals surface area contributed by atoms with Gasteiger partial charge in [-0.3, -0.25) is 9.59 Å². The molecule has 0 bridgehead atoms. The van der Waals surface area contributed by atoms with Gasteiger partial charge in [-0.05, 0) is 0 Å². The molecule has 0 aromatic rings. The molecule has 0 aliphatic heterocycles. The molecule has 1 unspecified atom stereocenters. The molecule has 3 N–H and O–H groups in total. The van der Waals surface area contributed by atoms with E-state index >= 15 is 0 Å². The Morgan fingerprint density at radius 2 is 2.11 bits per heavy atom. The number of hydrogen-bond acceptors (Lipinski definition) is 3. The van der Waals surface area contributed by atoms with Gasteiger partial charge in [0.15, 0.2) is 0 Å². The largest absolute Gasteiger partial charge is 0.480 e. The molecule has 0 fully saturated rings. The van der Waals surface area contributed by atoms with E-state index in [1.165, 1.54) is 6.07 Å². The smallest absolute Gasteiger partial charge is 0.330 e. The topological polar surface area (TPSA) is 104 Å². The van der Waals surface area contributed by atoms with Crippen molar-refractivity contribution in [2.24, 2.45) is 11.7 Å². The number of nitrogens with two attached hydrogens (primary N) is 1. The summed E-state index contributed by atoms with van der Waals surface area (Å²) in [5.41, 5.74) is 4.51. The fourth-order valence-corrected chi connectivity index (χ4v) is 0.241. The van der Waals surface area contributed by atoms with E-state index in [1.807, 2.05) is 0 Å². The number of amides is 1. The number of carbonyl (C=O) groups is 2. The number of nitrogens with zero attached hydrogens (tertiary/aromatic N) is 1. The first-order valence-corrected chi connectivity index (χ1v) is 2.01. The zero-order chi connectivity index (χ0) is 7.44. The summed E-state index contributed by atoms with van der Waals surface area (Å²) in [5, 5.41) is 16.0. The van der Waals surface area contributed by atoms with Gasteiger partial charge in [-0.15, -0.1) is 0 Å². The third-order valence-electron chi connectivity index (χ3n) is 0.661. The van der Waals surface area contributed by atoms with Gasteiger partial charge in [-0.2, -0.15) is 5.26 Å². The minimum Gasteiger partial charge on any atom is -0.480 e. The van der Waals surface area contributed by atoms with E-state index in [1.54, 1.807) is 0 Å². The molecule has 48 valence electrons. The molecule has 0 aromatic carbocycles. The fraction of sp³-hybridized carbons (Fsp3) is 0.250. The summed E-state index contributed by atoms with van der Waals surface area (Å²) < 4.78 is 0. The monoisotopic (exact) mass is 128 g/mol. The second kappa shape index (κ2) is 2.67. The van der Waals surface area contributed by atoms with Crippen LogP contribution in [0.25, 0.3) is 0 Å². The van der Waals surface area contributed by atoms with E-state index in [0.717, 1.165) is 0 Å². The Balaban J connectivity index is 4.22. The molecule has 0 spiro atoms. The van der Waals surface area contributed by atoms with E-state index < -0.39 is 17.8 Å². The van der Waals surface area contributed by atoms with Crippen molar-refractivity contribution in [1.82, 2.24) is 0 Å². The Morgan fingerprint density at radius 1 is 1.67 bits per heavy atom. The van der Waals surface area contributed by atoms with E-state index in [2.05, 4.69) is 5.73 Å². The molecule has 0 rings (SSSR count). The zero-order valence-corrected chi connectivity index (χ0v) is 4.37. The quantitative estimate of drug-likeness (QED) is 0.450. The van der Waals surface area contributed by atoms with Crippen LogP contribution >= 0.6 is 0 Å². The number of primary amides is 1. The molecular formula is C4H4N2O3. The molecular weight excluding hydrogens is 124 g/mol. The summed E-state index contributed by atoms with van der Waals surface area (Å²) in [7, 11) is 0. The minimum atomic E-state index is -1.72. The first kappa shape index (κ1) is 7.43. The molecule has 5 heteroatoms. The van der Waals surface area contributed by atoms with Gasteiger partial charge in [0, 0.05) is 0 Å². The number of aliphatic carboxylic acids is 1. The van der Waals surface area contributed by atoms with Crippen LogP contribution in [0.15, 0.2) is 0 Å². The van der Waals surface area contributed by atoms with Gasteiger partial charge in [0.1, 0.15) is 0 Å². The first-order valence-electron chi connectivity index (χ1n) is 2.01. The maximum absolute atomic E-state index is 9.99. The van der Waals surface area contributed by atoms with Crippen LogP contribution in [-0.4, -0.2) is 17.0 Å². The highest BCUT2D eigenvalue weighted by Gasteiger charge is 2.22. The van der Waals surface area contributed by atoms with E-state index in [4.69, 9.17) is 10.4 Å². The third-order valence-corrected chi connectivity index (χ3v) is 0.661. The second-order valence-electron chi connectivity index (χ2n) is 1.30. The minimum absolute atomic E-state index is 1.13. The molecule has 0 aliphatic carbocycles. The van der Waals surface area contributed by atoms with Gasteiger partial charge >= 0.3 is 5.97 Å². The lowest BCUT2D eigenvalue weighted by Gasteiger charge is -1.93.